The number of halogens is 6. The Morgan fingerprint density at radius 3 is 2.19 bits per heavy atom. The number of para-hydroxylation sites is 1. The second kappa shape index (κ2) is 6.87. The molecule has 3 aromatic rings. The third-order valence-corrected chi connectivity index (χ3v) is 3.55. The zero-order valence-corrected chi connectivity index (χ0v) is 13.5. The highest BCUT2D eigenvalue weighted by Gasteiger charge is 2.30. The molecule has 26 heavy (non-hydrogen) atoms. The number of aromatic nitrogens is 2. The monoisotopic (exact) mass is 385 g/mol. The molecular weight excluding hydrogens is 377 g/mol. The Labute approximate surface area is 149 Å². The summed E-state index contributed by atoms with van der Waals surface area (Å²) >= 11 is 5.87. The molecule has 0 aliphatic carbocycles. The average Bonchev–Trinajstić information content (AvgIpc) is 2.57. The maximum Gasteiger partial charge on any atom is 0.416 e. The Bertz CT molecular complexity index is 939. The zero-order valence-electron chi connectivity index (χ0n) is 12.8. The number of nitrogens with zero attached hydrogens (tertiary/aromatic N) is 2. The topological polar surface area (TPSA) is 37.8 Å². The molecule has 0 aliphatic heterocycles. The van der Waals surface area contributed by atoms with E-state index in [1.807, 2.05) is 0 Å². The zero-order chi connectivity index (χ0) is 18.9. The largest absolute Gasteiger partial charge is 0.416 e. The summed E-state index contributed by atoms with van der Waals surface area (Å²) in [4.78, 5) is 7.87. The lowest BCUT2D eigenvalue weighted by molar-refractivity contribution is -0.137. The van der Waals surface area contributed by atoms with E-state index in [0.29, 0.717) is 0 Å². The fraction of sp³-hybridized carbons (Fsp3) is 0.0588. The fourth-order valence-corrected chi connectivity index (χ4v) is 2.37. The molecular formula is C17H9ClF5N3. The molecule has 0 amide bonds. The smallest absolute Gasteiger partial charge is 0.335 e. The molecule has 1 N–H and O–H groups in total. The van der Waals surface area contributed by atoms with Crippen LogP contribution in [0.15, 0.2) is 48.5 Å². The molecule has 0 aliphatic rings. The third kappa shape index (κ3) is 3.91. The van der Waals surface area contributed by atoms with Crippen LogP contribution in [0.25, 0.3) is 11.4 Å². The Balaban J connectivity index is 2.01. The normalized spacial score (nSPS) is 11.5. The molecule has 0 fully saturated rings. The standard InChI is InChI=1S/C17H9ClF5N3/c18-13-8-14(25-15-11(19)5-2-6-12(15)20)26-16(24-13)9-3-1-4-10(7-9)17(21,22)23/h1-8H,(H,24,25,26). The SMILES string of the molecule is Fc1cccc(F)c1Nc1cc(Cl)nc(-c2cccc(C(F)(F)F)c2)n1. The van der Waals surface area contributed by atoms with Gasteiger partial charge >= 0.3 is 6.18 Å². The van der Waals surface area contributed by atoms with Gasteiger partial charge in [0.2, 0.25) is 0 Å². The van der Waals surface area contributed by atoms with Crippen LogP contribution in [-0.2, 0) is 6.18 Å². The van der Waals surface area contributed by atoms with Crippen LogP contribution in [0.4, 0.5) is 33.5 Å². The van der Waals surface area contributed by atoms with Gasteiger partial charge in [-0.3, -0.25) is 0 Å². The molecule has 0 atom stereocenters. The van der Waals surface area contributed by atoms with Crippen LogP contribution in [0.2, 0.25) is 5.15 Å². The summed E-state index contributed by atoms with van der Waals surface area (Å²) < 4.78 is 66.0. The van der Waals surface area contributed by atoms with E-state index < -0.39 is 29.1 Å². The van der Waals surface area contributed by atoms with Crippen molar-refractivity contribution in [3.05, 3.63) is 70.9 Å². The van der Waals surface area contributed by atoms with E-state index in [-0.39, 0.29) is 22.4 Å². The van der Waals surface area contributed by atoms with Crippen LogP contribution in [0.3, 0.4) is 0 Å². The lowest BCUT2D eigenvalue weighted by Gasteiger charge is -2.11. The van der Waals surface area contributed by atoms with Crippen LogP contribution >= 0.6 is 11.6 Å². The van der Waals surface area contributed by atoms with Crippen molar-refractivity contribution >= 4 is 23.1 Å². The van der Waals surface area contributed by atoms with Gasteiger partial charge in [-0.25, -0.2) is 18.7 Å². The van der Waals surface area contributed by atoms with E-state index in [4.69, 9.17) is 11.6 Å². The third-order valence-electron chi connectivity index (χ3n) is 3.36. The highest BCUT2D eigenvalue weighted by atomic mass is 35.5. The Morgan fingerprint density at radius 1 is 0.885 bits per heavy atom. The Morgan fingerprint density at radius 2 is 1.54 bits per heavy atom. The van der Waals surface area contributed by atoms with Crippen molar-refractivity contribution in [3.8, 4) is 11.4 Å². The highest BCUT2D eigenvalue weighted by molar-refractivity contribution is 6.29. The van der Waals surface area contributed by atoms with E-state index >= 15 is 0 Å². The number of anilines is 2. The second-order valence-corrected chi connectivity index (χ2v) is 5.59. The molecule has 3 rings (SSSR count). The molecule has 3 nitrogen and oxygen atoms in total. The van der Waals surface area contributed by atoms with Gasteiger partial charge in [0.1, 0.15) is 28.3 Å². The summed E-state index contributed by atoms with van der Waals surface area (Å²) in [6, 6.07) is 8.81. The number of hydrogen-bond acceptors (Lipinski definition) is 3. The van der Waals surface area contributed by atoms with E-state index in [1.165, 1.54) is 24.3 Å². The number of benzene rings is 2. The van der Waals surface area contributed by atoms with E-state index in [1.54, 1.807) is 0 Å². The van der Waals surface area contributed by atoms with E-state index in [0.717, 1.165) is 24.3 Å². The lowest BCUT2D eigenvalue weighted by Crippen LogP contribution is -2.05. The lowest BCUT2D eigenvalue weighted by atomic mass is 10.1. The van der Waals surface area contributed by atoms with Crippen LogP contribution in [0.5, 0.6) is 0 Å². The van der Waals surface area contributed by atoms with Gasteiger partial charge in [0.25, 0.3) is 0 Å². The first-order chi connectivity index (χ1) is 12.2. The van der Waals surface area contributed by atoms with Gasteiger partial charge < -0.3 is 5.32 Å². The van der Waals surface area contributed by atoms with Crippen LogP contribution in [-0.4, -0.2) is 9.97 Å². The van der Waals surface area contributed by atoms with Gasteiger partial charge in [0.05, 0.1) is 5.56 Å². The molecule has 134 valence electrons. The van der Waals surface area contributed by atoms with Gasteiger partial charge in [0, 0.05) is 11.6 Å². The summed E-state index contributed by atoms with van der Waals surface area (Å²) in [7, 11) is 0. The van der Waals surface area contributed by atoms with Gasteiger partial charge in [-0.05, 0) is 24.3 Å². The molecule has 0 unspecified atom stereocenters. The maximum atomic E-state index is 13.7. The molecule has 0 spiro atoms. The van der Waals surface area contributed by atoms with Crippen molar-refractivity contribution < 1.29 is 22.0 Å². The first-order valence-electron chi connectivity index (χ1n) is 7.17. The average molecular weight is 386 g/mol. The summed E-state index contributed by atoms with van der Waals surface area (Å²) in [6.07, 6.45) is -4.54. The molecule has 0 saturated heterocycles. The summed E-state index contributed by atoms with van der Waals surface area (Å²) in [5, 5.41) is 2.32. The molecule has 0 radical (unpaired) electrons. The highest BCUT2D eigenvalue weighted by Crippen LogP contribution is 2.32. The molecule has 1 heterocycles. The van der Waals surface area contributed by atoms with Crippen molar-refractivity contribution in [3.63, 3.8) is 0 Å². The summed E-state index contributed by atoms with van der Waals surface area (Å²) in [6.45, 7) is 0. The van der Waals surface area contributed by atoms with E-state index in [2.05, 4.69) is 15.3 Å². The minimum absolute atomic E-state index is 0.0550. The maximum absolute atomic E-state index is 13.7. The summed E-state index contributed by atoms with van der Waals surface area (Å²) in [5.41, 5.74) is -1.29. The van der Waals surface area contributed by atoms with Crippen molar-refractivity contribution in [1.82, 2.24) is 9.97 Å². The Kier molecular flexibility index (Phi) is 4.78. The molecule has 0 bridgehead atoms. The van der Waals surface area contributed by atoms with Gasteiger partial charge in [-0.15, -0.1) is 0 Å². The second-order valence-electron chi connectivity index (χ2n) is 5.20. The quantitative estimate of drug-likeness (QED) is 0.455. The number of alkyl halides is 3. The minimum Gasteiger partial charge on any atom is -0.335 e. The van der Waals surface area contributed by atoms with Crippen LogP contribution in [0, 0.1) is 11.6 Å². The minimum atomic E-state index is -4.54. The molecule has 9 heteroatoms. The van der Waals surface area contributed by atoms with Gasteiger partial charge in [-0.1, -0.05) is 29.8 Å². The predicted molar refractivity (Wildman–Crippen MR) is 87.1 cm³/mol. The number of rotatable bonds is 3. The summed E-state index contributed by atoms with van der Waals surface area (Å²) in [5.74, 6) is -1.91. The Hall–Kier alpha value is -2.74. The number of nitrogens with one attached hydrogen (secondary N) is 1. The van der Waals surface area contributed by atoms with Gasteiger partial charge in [-0.2, -0.15) is 13.2 Å². The molecule has 0 saturated carbocycles. The van der Waals surface area contributed by atoms with Crippen LogP contribution in [0.1, 0.15) is 5.56 Å². The van der Waals surface area contributed by atoms with Crippen LogP contribution < -0.4 is 5.32 Å². The van der Waals surface area contributed by atoms with Crippen molar-refractivity contribution in [2.75, 3.05) is 5.32 Å². The van der Waals surface area contributed by atoms with Crippen molar-refractivity contribution in [1.29, 1.82) is 0 Å². The predicted octanol–water partition coefficient (Wildman–Crippen LogP) is 5.84. The van der Waals surface area contributed by atoms with Gasteiger partial charge in [0.15, 0.2) is 5.82 Å². The van der Waals surface area contributed by atoms with Crippen molar-refractivity contribution in [2.24, 2.45) is 0 Å². The molecule has 1 aromatic heterocycles. The first-order valence-corrected chi connectivity index (χ1v) is 7.55. The first kappa shape index (κ1) is 18.1. The number of hydrogen-bond donors (Lipinski definition) is 1. The van der Waals surface area contributed by atoms with E-state index in [9.17, 15) is 22.0 Å². The fourth-order valence-electron chi connectivity index (χ4n) is 2.19. The molecule has 2 aromatic carbocycles. The van der Waals surface area contributed by atoms with Crippen molar-refractivity contribution in [2.45, 2.75) is 6.18 Å².